The molecule has 1 aliphatic heterocycles. The van der Waals surface area contributed by atoms with Crippen molar-refractivity contribution in [1.29, 1.82) is 0 Å². The van der Waals surface area contributed by atoms with Crippen LogP contribution in [0.25, 0.3) is 11.1 Å². The van der Waals surface area contributed by atoms with Crippen molar-refractivity contribution in [2.24, 2.45) is 0 Å². The van der Waals surface area contributed by atoms with Crippen LogP contribution in [0.4, 0.5) is 4.39 Å². The van der Waals surface area contributed by atoms with Gasteiger partial charge in [0.25, 0.3) is 5.91 Å². The van der Waals surface area contributed by atoms with Crippen LogP contribution < -0.4 is 0 Å². The van der Waals surface area contributed by atoms with Crippen LogP contribution in [-0.4, -0.2) is 27.5 Å². The van der Waals surface area contributed by atoms with E-state index >= 15 is 0 Å². The van der Waals surface area contributed by atoms with Gasteiger partial charge in [0.2, 0.25) is 0 Å². The third kappa shape index (κ3) is 5.30. The highest BCUT2D eigenvalue weighted by Crippen LogP contribution is 2.44. The fraction of sp³-hybridized carbons (Fsp3) is 0.355. The van der Waals surface area contributed by atoms with E-state index in [0.29, 0.717) is 29.8 Å². The Morgan fingerprint density at radius 2 is 1.51 bits per heavy atom. The number of carbonyl (C=O) groups excluding carboxylic acids is 1. The summed E-state index contributed by atoms with van der Waals surface area (Å²) in [7, 11) is 0. The summed E-state index contributed by atoms with van der Waals surface area (Å²) in [6.45, 7) is 13.9. The molecule has 5 nitrogen and oxygen atoms in total. The molecule has 1 aliphatic rings. The quantitative estimate of drug-likeness (QED) is 0.415. The minimum atomic E-state index is -1.18. The molecule has 6 heteroatoms. The van der Waals surface area contributed by atoms with Gasteiger partial charge >= 0.3 is 5.97 Å². The van der Waals surface area contributed by atoms with Crippen LogP contribution in [0.5, 0.6) is 0 Å². The van der Waals surface area contributed by atoms with E-state index in [9.17, 15) is 19.1 Å². The van der Waals surface area contributed by atoms with Gasteiger partial charge in [0, 0.05) is 24.2 Å². The molecule has 37 heavy (non-hydrogen) atoms. The summed E-state index contributed by atoms with van der Waals surface area (Å²) in [4.78, 5) is 27.7. The van der Waals surface area contributed by atoms with Gasteiger partial charge in [-0.1, -0.05) is 29.8 Å². The maximum Gasteiger partial charge on any atom is 0.337 e. The molecular weight excluding hydrogens is 469 g/mol. The number of hydrogen-bond acceptors (Lipinski definition) is 3. The Bertz CT molecular complexity index is 1370. The Morgan fingerprint density at radius 3 is 2.05 bits per heavy atom. The summed E-state index contributed by atoms with van der Waals surface area (Å²) < 4.78 is 20.2. The molecule has 1 heterocycles. The highest BCUT2D eigenvalue weighted by molar-refractivity contribution is 5.95. The molecule has 3 aromatic rings. The first-order valence-electron chi connectivity index (χ1n) is 12.5. The maximum atomic E-state index is 14.0. The summed E-state index contributed by atoms with van der Waals surface area (Å²) >= 11 is 0. The zero-order chi connectivity index (χ0) is 27.2. The lowest BCUT2D eigenvalue weighted by molar-refractivity contribution is -0.160. The number of amides is 1. The van der Waals surface area contributed by atoms with Gasteiger partial charge in [0.1, 0.15) is 5.82 Å². The Kier molecular flexibility index (Phi) is 6.99. The number of halogens is 1. The van der Waals surface area contributed by atoms with Crippen LogP contribution in [0.3, 0.4) is 0 Å². The number of nitrogens with zero attached hydrogens (tertiary/aromatic N) is 1. The third-order valence-corrected chi connectivity index (χ3v) is 6.89. The van der Waals surface area contributed by atoms with Crippen LogP contribution in [0.1, 0.15) is 76.2 Å². The minimum absolute atomic E-state index is 0.253. The molecular formula is C31H34FNO4. The molecule has 0 radical (unpaired) electrons. The van der Waals surface area contributed by atoms with Crippen LogP contribution in [0, 0.1) is 33.5 Å². The third-order valence-electron chi connectivity index (χ3n) is 6.89. The predicted molar refractivity (Wildman–Crippen MR) is 142 cm³/mol. The van der Waals surface area contributed by atoms with Crippen LogP contribution in [0.15, 0.2) is 42.5 Å². The highest BCUT2D eigenvalue weighted by Gasteiger charge is 2.36. The van der Waals surface area contributed by atoms with Crippen molar-refractivity contribution in [3.63, 3.8) is 0 Å². The number of fused-ring (bicyclic) bond motifs is 1. The van der Waals surface area contributed by atoms with Gasteiger partial charge < -0.3 is 14.7 Å². The first-order valence-corrected chi connectivity index (χ1v) is 12.5. The molecule has 0 aliphatic carbocycles. The zero-order valence-corrected chi connectivity index (χ0v) is 22.5. The minimum Gasteiger partial charge on any atom is -0.479 e. The van der Waals surface area contributed by atoms with E-state index in [1.165, 1.54) is 12.1 Å². The zero-order valence-electron chi connectivity index (χ0n) is 22.5. The number of rotatable bonds is 5. The molecule has 1 N–H and O–H groups in total. The number of aliphatic carboxylic acids is 1. The first kappa shape index (κ1) is 26.6. The van der Waals surface area contributed by atoms with Crippen molar-refractivity contribution < 1.29 is 23.8 Å². The smallest absolute Gasteiger partial charge is 0.337 e. The van der Waals surface area contributed by atoms with Crippen molar-refractivity contribution in [3.05, 3.63) is 92.8 Å². The standard InChI is InChI=1S/C31H34FNO4/c1-17-8-10-21(11-9-17)26-19(3)24-15-33(29(34)22-12-18(2)13-23(32)14-22)16-25(24)20(4)27(26)28(30(35)36)37-31(5,6)7/h8-14,28H,15-16H2,1-7H3,(H,35,36). The van der Waals surface area contributed by atoms with Gasteiger partial charge in [0.15, 0.2) is 6.10 Å². The molecule has 0 aromatic heterocycles. The second kappa shape index (κ2) is 9.75. The number of hydrogen-bond donors (Lipinski definition) is 1. The predicted octanol–water partition coefficient (Wildman–Crippen LogP) is 6.82. The molecule has 3 aromatic carbocycles. The molecule has 4 rings (SSSR count). The molecule has 0 fully saturated rings. The van der Waals surface area contributed by atoms with E-state index in [-0.39, 0.29) is 5.91 Å². The van der Waals surface area contributed by atoms with Crippen molar-refractivity contribution in [3.8, 4) is 11.1 Å². The van der Waals surface area contributed by atoms with E-state index in [0.717, 1.165) is 38.9 Å². The summed E-state index contributed by atoms with van der Waals surface area (Å²) in [6, 6.07) is 12.3. The van der Waals surface area contributed by atoms with Gasteiger partial charge in [-0.3, -0.25) is 4.79 Å². The second-order valence-electron chi connectivity index (χ2n) is 11.0. The van der Waals surface area contributed by atoms with Gasteiger partial charge in [-0.05, 0) is 106 Å². The van der Waals surface area contributed by atoms with Crippen LogP contribution in [0.2, 0.25) is 0 Å². The van der Waals surface area contributed by atoms with Crippen molar-refractivity contribution >= 4 is 11.9 Å². The molecule has 0 saturated heterocycles. The normalized spacial score (nSPS) is 14.0. The van der Waals surface area contributed by atoms with E-state index in [1.807, 2.05) is 65.8 Å². The number of aryl methyl sites for hydroxylation is 2. The van der Waals surface area contributed by atoms with Crippen molar-refractivity contribution in [1.82, 2.24) is 4.90 Å². The SMILES string of the molecule is Cc1ccc(-c2c(C)c3c(c(C)c2C(OC(C)(C)C)C(=O)O)CN(C(=O)c2cc(C)cc(F)c2)C3)cc1. The largest absolute Gasteiger partial charge is 0.479 e. The number of ether oxygens (including phenoxy) is 1. The topological polar surface area (TPSA) is 66.8 Å². The van der Waals surface area contributed by atoms with Gasteiger partial charge in [-0.25, -0.2) is 9.18 Å². The Hall–Kier alpha value is -3.51. The summed E-state index contributed by atoms with van der Waals surface area (Å²) in [5.74, 6) is -1.76. The van der Waals surface area contributed by atoms with Crippen LogP contribution in [-0.2, 0) is 22.6 Å². The lowest BCUT2D eigenvalue weighted by Crippen LogP contribution is -2.28. The Morgan fingerprint density at radius 1 is 0.919 bits per heavy atom. The van der Waals surface area contributed by atoms with Crippen molar-refractivity contribution in [2.45, 2.75) is 73.3 Å². The van der Waals surface area contributed by atoms with E-state index in [1.54, 1.807) is 17.9 Å². The molecule has 0 spiro atoms. The van der Waals surface area contributed by atoms with Crippen LogP contribution >= 0.6 is 0 Å². The summed E-state index contributed by atoms with van der Waals surface area (Å²) in [5.41, 5.74) is 7.38. The Balaban J connectivity index is 1.89. The monoisotopic (exact) mass is 503 g/mol. The summed E-state index contributed by atoms with van der Waals surface area (Å²) in [5, 5.41) is 10.3. The van der Waals surface area contributed by atoms with E-state index < -0.39 is 23.5 Å². The highest BCUT2D eigenvalue weighted by atomic mass is 19.1. The average Bonchev–Trinajstić information content (AvgIpc) is 3.25. The van der Waals surface area contributed by atoms with E-state index in [2.05, 4.69) is 0 Å². The lowest BCUT2D eigenvalue weighted by atomic mass is 9.83. The molecule has 1 amide bonds. The average molecular weight is 504 g/mol. The van der Waals surface area contributed by atoms with E-state index in [4.69, 9.17) is 4.74 Å². The van der Waals surface area contributed by atoms with Gasteiger partial charge in [-0.2, -0.15) is 0 Å². The Labute approximate surface area is 217 Å². The molecule has 1 atom stereocenters. The lowest BCUT2D eigenvalue weighted by Gasteiger charge is -2.29. The number of carboxylic acids is 1. The maximum absolute atomic E-state index is 14.0. The fourth-order valence-corrected chi connectivity index (χ4v) is 5.21. The molecule has 0 saturated carbocycles. The number of carbonyl (C=O) groups is 2. The van der Waals surface area contributed by atoms with Gasteiger partial charge in [-0.15, -0.1) is 0 Å². The second-order valence-corrected chi connectivity index (χ2v) is 11.0. The molecule has 194 valence electrons. The number of carboxylic acid groups (broad SMARTS) is 1. The van der Waals surface area contributed by atoms with Gasteiger partial charge in [0.05, 0.1) is 5.60 Å². The van der Waals surface area contributed by atoms with Crippen molar-refractivity contribution in [2.75, 3.05) is 0 Å². The number of benzene rings is 3. The molecule has 0 bridgehead atoms. The molecule has 1 unspecified atom stereocenters. The summed E-state index contributed by atoms with van der Waals surface area (Å²) in [6.07, 6.45) is -1.18. The first-order chi connectivity index (χ1) is 17.3. The fourth-order valence-electron chi connectivity index (χ4n) is 5.21.